The Morgan fingerprint density at radius 1 is 1.07 bits per heavy atom. The zero-order valence-electron chi connectivity index (χ0n) is 16.2. The lowest BCUT2D eigenvalue weighted by Gasteiger charge is -2.32. The molecule has 3 rings (SSSR count). The molecule has 1 aliphatic heterocycles. The van der Waals surface area contributed by atoms with Gasteiger partial charge in [-0.25, -0.2) is 0 Å². The van der Waals surface area contributed by atoms with E-state index in [2.05, 4.69) is 40.5 Å². The van der Waals surface area contributed by atoms with Crippen LogP contribution >= 0.6 is 0 Å². The molecule has 1 amide bonds. The monoisotopic (exact) mass is 366 g/mol. The van der Waals surface area contributed by atoms with Crippen molar-refractivity contribution in [2.24, 2.45) is 0 Å². The Morgan fingerprint density at radius 2 is 1.78 bits per heavy atom. The Bertz CT molecular complexity index is 709. The van der Waals surface area contributed by atoms with Crippen molar-refractivity contribution in [2.45, 2.75) is 45.2 Å². The van der Waals surface area contributed by atoms with Gasteiger partial charge in [0, 0.05) is 32.1 Å². The molecular formula is C23H30N2O2. The third kappa shape index (κ3) is 6.10. The molecule has 144 valence electrons. The van der Waals surface area contributed by atoms with Crippen LogP contribution in [0.25, 0.3) is 0 Å². The summed E-state index contributed by atoms with van der Waals surface area (Å²) in [5.74, 6) is 1.03. The molecule has 1 N–H and O–H groups in total. The van der Waals surface area contributed by atoms with Crippen LogP contribution in [-0.4, -0.2) is 36.5 Å². The van der Waals surface area contributed by atoms with Crippen LogP contribution < -0.4 is 10.1 Å². The third-order valence-electron chi connectivity index (χ3n) is 5.10. The number of hydrogen-bond acceptors (Lipinski definition) is 3. The molecule has 27 heavy (non-hydrogen) atoms. The van der Waals surface area contributed by atoms with Crippen LogP contribution in [0.1, 0.15) is 37.3 Å². The lowest BCUT2D eigenvalue weighted by molar-refractivity contribution is -0.122. The van der Waals surface area contributed by atoms with Gasteiger partial charge in [0.2, 0.25) is 5.91 Å². The van der Waals surface area contributed by atoms with E-state index in [1.54, 1.807) is 0 Å². The highest BCUT2D eigenvalue weighted by atomic mass is 16.5. The maximum atomic E-state index is 12.4. The number of nitrogens with one attached hydrogen (secondary N) is 1. The SMILES string of the molecule is CCOc1ccccc1CCC(=O)NC1CCN(Cc2ccccc2)CC1. The fourth-order valence-corrected chi connectivity index (χ4v) is 3.63. The van der Waals surface area contributed by atoms with Gasteiger partial charge in [0.05, 0.1) is 6.61 Å². The van der Waals surface area contributed by atoms with Crippen LogP contribution in [0.2, 0.25) is 0 Å². The summed E-state index contributed by atoms with van der Waals surface area (Å²) in [6, 6.07) is 18.9. The molecule has 1 heterocycles. The highest BCUT2D eigenvalue weighted by Crippen LogP contribution is 2.20. The Kier molecular flexibility index (Phi) is 7.28. The molecule has 1 saturated heterocycles. The lowest BCUT2D eigenvalue weighted by atomic mass is 10.0. The molecule has 0 aliphatic carbocycles. The number of nitrogens with zero attached hydrogens (tertiary/aromatic N) is 1. The Morgan fingerprint density at radius 3 is 2.52 bits per heavy atom. The molecule has 4 heteroatoms. The van der Waals surface area contributed by atoms with Crippen LogP contribution in [0.4, 0.5) is 0 Å². The molecule has 2 aromatic carbocycles. The summed E-state index contributed by atoms with van der Waals surface area (Å²) in [6.07, 6.45) is 3.27. The first-order chi connectivity index (χ1) is 13.2. The van der Waals surface area contributed by atoms with E-state index in [1.807, 2.05) is 31.2 Å². The molecule has 4 nitrogen and oxygen atoms in total. The highest BCUT2D eigenvalue weighted by Gasteiger charge is 2.20. The average Bonchev–Trinajstić information content (AvgIpc) is 2.70. The number of carbonyl (C=O) groups excluding carboxylic acids is 1. The number of carbonyl (C=O) groups is 1. The van der Waals surface area contributed by atoms with E-state index < -0.39 is 0 Å². The predicted molar refractivity (Wildman–Crippen MR) is 109 cm³/mol. The van der Waals surface area contributed by atoms with E-state index in [-0.39, 0.29) is 5.91 Å². The standard InChI is InChI=1S/C23H30N2O2/c1-2-27-22-11-7-6-10-20(22)12-13-23(26)24-21-14-16-25(17-15-21)18-19-8-4-3-5-9-19/h3-11,21H,2,12-18H2,1H3,(H,24,26). The van der Waals surface area contributed by atoms with Crippen molar-refractivity contribution in [1.82, 2.24) is 10.2 Å². The molecule has 0 radical (unpaired) electrons. The predicted octanol–water partition coefficient (Wildman–Crippen LogP) is 3.80. The van der Waals surface area contributed by atoms with Crippen molar-refractivity contribution in [3.63, 3.8) is 0 Å². The fraction of sp³-hybridized carbons (Fsp3) is 0.435. The summed E-state index contributed by atoms with van der Waals surface area (Å²) < 4.78 is 5.64. The minimum atomic E-state index is 0.141. The second kappa shape index (κ2) is 10.1. The number of ether oxygens (including phenoxy) is 1. The number of piperidine rings is 1. The van der Waals surface area contributed by atoms with Gasteiger partial charge in [-0.05, 0) is 43.4 Å². The van der Waals surface area contributed by atoms with Gasteiger partial charge in [0.25, 0.3) is 0 Å². The van der Waals surface area contributed by atoms with Gasteiger partial charge in [0.1, 0.15) is 5.75 Å². The van der Waals surface area contributed by atoms with Gasteiger partial charge in [-0.1, -0.05) is 48.5 Å². The Labute approximate surface area is 162 Å². The summed E-state index contributed by atoms with van der Waals surface area (Å²) in [5.41, 5.74) is 2.46. The third-order valence-corrected chi connectivity index (χ3v) is 5.10. The van der Waals surface area contributed by atoms with Crippen molar-refractivity contribution in [3.8, 4) is 5.75 Å². The summed E-state index contributed by atoms with van der Waals surface area (Å²) in [4.78, 5) is 14.8. The maximum Gasteiger partial charge on any atom is 0.220 e. The van der Waals surface area contributed by atoms with E-state index in [1.165, 1.54) is 5.56 Å². The normalized spacial score (nSPS) is 15.4. The van der Waals surface area contributed by atoms with Crippen molar-refractivity contribution in [1.29, 1.82) is 0 Å². The molecule has 0 aromatic heterocycles. The van der Waals surface area contributed by atoms with Gasteiger partial charge < -0.3 is 10.1 Å². The zero-order valence-corrected chi connectivity index (χ0v) is 16.2. The van der Waals surface area contributed by atoms with Crippen LogP contribution in [0, 0.1) is 0 Å². The van der Waals surface area contributed by atoms with Crippen LogP contribution in [0.15, 0.2) is 54.6 Å². The molecule has 0 unspecified atom stereocenters. The highest BCUT2D eigenvalue weighted by molar-refractivity contribution is 5.76. The van der Waals surface area contributed by atoms with E-state index in [0.29, 0.717) is 19.1 Å². The Hall–Kier alpha value is -2.33. The molecule has 0 atom stereocenters. The van der Waals surface area contributed by atoms with Gasteiger partial charge in [-0.2, -0.15) is 0 Å². The molecule has 0 bridgehead atoms. The number of benzene rings is 2. The van der Waals surface area contributed by atoms with Crippen molar-refractivity contribution in [3.05, 3.63) is 65.7 Å². The number of likely N-dealkylation sites (tertiary alicyclic amines) is 1. The largest absolute Gasteiger partial charge is 0.494 e. The molecule has 1 aliphatic rings. The first kappa shape index (κ1) is 19.4. The average molecular weight is 367 g/mol. The quantitative estimate of drug-likeness (QED) is 0.773. The summed E-state index contributed by atoms with van der Waals surface area (Å²) in [5, 5.41) is 3.22. The van der Waals surface area contributed by atoms with Gasteiger partial charge >= 0.3 is 0 Å². The number of para-hydroxylation sites is 1. The minimum absolute atomic E-state index is 0.141. The molecule has 0 spiro atoms. The molecule has 1 fully saturated rings. The van der Waals surface area contributed by atoms with E-state index in [9.17, 15) is 4.79 Å². The smallest absolute Gasteiger partial charge is 0.220 e. The number of rotatable bonds is 8. The summed E-state index contributed by atoms with van der Waals surface area (Å²) in [7, 11) is 0. The van der Waals surface area contributed by atoms with Gasteiger partial charge in [-0.3, -0.25) is 9.69 Å². The number of aryl methyl sites for hydroxylation is 1. The van der Waals surface area contributed by atoms with E-state index in [0.717, 1.165) is 50.2 Å². The van der Waals surface area contributed by atoms with Gasteiger partial charge in [-0.15, -0.1) is 0 Å². The second-order valence-corrected chi connectivity index (χ2v) is 7.14. The Balaban J connectivity index is 1.39. The summed E-state index contributed by atoms with van der Waals surface area (Å²) in [6.45, 7) is 5.69. The maximum absolute atomic E-state index is 12.4. The second-order valence-electron chi connectivity index (χ2n) is 7.14. The molecule has 0 saturated carbocycles. The molecular weight excluding hydrogens is 336 g/mol. The number of hydrogen-bond donors (Lipinski definition) is 1. The lowest BCUT2D eigenvalue weighted by Crippen LogP contribution is -2.44. The number of amides is 1. The van der Waals surface area contributed by atoms with Crippen molar-refractivity contribution < 1.29 is 9.53 Å². The summed E-state index contributed by atoms with van der Waals surface area (Å²) >= 11 is 0. The topological polar surface area (TPSA) is 41.6 Å². The first-order valence-electron chi connectivity index (χ1n) is 10.0. The first-order valence-corrected chi connectivity index (χ1v) is 10.0. The van der Waals surface area contributed by atoms with E-state index in [4.69, 9.17) is 4.74 Å². The minimum Gasteiger partial charge on any atom is -0.494 e. The molecule has 2 aromatic rings. The van der Waals surface area contributed by atoms with E-state index >= 15 is 0 Å². The van der Waals surface area contributed by atoms with Crippen molar-refractivity contribution in [2.75, 3.05) is 19.7 Å². The van der Waals surface area contributed by atoms with Crippen molar-refractivity contribution >= 4 is 5.91 Å². The van der Waals surface area contributed by atoms with Gasteiger partial charge in [0.15, 0.2) is 0 Å². The van der Waals surface area contributed by atoms with Crippen LogP contribution in [0.5, 0.6) is 5.75 Å². The zero-order chi connectivity index (χ0) is 18.9. The fourth-order valence-electron chi connectivity index (χ4n) is 3.63. The van der Waals surface area contributed by atoms with Crippen LogP contribution in [0.3, 0.4) is 0 Å². The van der Waals surface area contributed by atoms with Crippen LogP contribution in [-0.2, 0) is 17.8 Å².